The Balaban J connectivity index is 1.89. The first-order valence-corrected chi connectivity index (χ1v) is 8.38. The molecule has 4 aromatic rings. The number of aromatic nitrogens is 1. The molecule has 0 amide bonds. The van der Waals surface area contributed by atoms with Crippen LogP contribution in [0.15, 0.2) is 85.1 Å². The number of nitrogens with zero attached hydrogens (tertiary/aromatic N) is 1. The van der Waals surface area contributed by atoms with Crippen molar-refractivity contribution in [1.29, 1.82) is 0 Å². The molecule has 0 fully saturated rings. The summed E-state index contributed by atoms with van der Waals surface area (Å²) in [6, 6.07) is 20.2. The molecular weight excluding hydrogens is 347 g/mol. The molecule has 0 saturated heterocycles. The van der Waals surface area contributed by atoms with E-state index in [2.05, 4.69) is 4.98 Å². The molecule has 0 spiro atoms. The second-order valence-electron chi connectivity index (χ2n) is 6.14. The topological polar surface area (TPSA) is 12.9 Å². The average molecular weight is 361 g/mol. The summed E-state index contributed by atoms with van der Waals surface area (Å²) in [6.07, 6.45) is 1.70. The summed E-state index contributed by atoms with van der Waals surface area (Å²) in [5.41, 5.74) is 4.67. The van der Waals surface area contributed by atoms with Gasteiger partial charge in [-0.3, -0.25) is 4.98 Å². The lowest BCUT2D eigenvalue weighted by atomic mass is 9.94. The molecule has 0 aliphatic rings. The molecule has 0 aliphatic heterocycles. The Morgan fingerprint density at radius 3 is 1.37 bits per heavy atom. The van der Waals surface area contributed by atoms with Gasteiger partial charge in [0, 0.05) is 17.3 Å². The van der Waals surface area contributed by atoms with E-state index in [1.54, 1.807) is 42.6 Å². The van der Waals surface area contributed by atoms with E-state index in [1.165, 1.54) is 36.4 Å². The number of benzene rings is 3. The summed E-state index contributed by atoms with van der Waals surface area (Å²) in [5.74, 6) is -0.965. The standard InChI is InChI=1S/C23H14F3N/c24-18-7-1-15(2-8-18)21-13-23(17-5-11-20(26)12-6-17)27-14-22(21)16-3-9-19(25)10-4-16/h1-14H. The van der Waals surface area contributed by atoms with Gasteiger partial charge in [-0.1, -0.05) is 24.3 Å². The van der Waals surface area contributed by atoms with Crippen molar-refractivity contribution in [3.05, 3.63) is 103 Å². The van der Waals surface area contributed by atoms with Crippen LogP contribution in [-0.2, 0) is 0 Å². The Hall–Kier alpha value is -3.40. The maximum absolute atomic E-state index is 13.4. The quantitative estimate of drug-likeness (QED) is 0.406. The predicted molar refractivity (Wildman–Crippen MR) is 100 cm³/mol. The van der Waals surface area contributed by atoms with Crippen molar-refractivity contribution < 1.29 is 13.2 Å². The lowest BCUT2D eigenvalue weighted by Gasteiger charge is -2.12. The average Bonchev–Trinajstić information content (AvgIpc) is 2.69. The molecule has 1 aromatic heterocycles. The van der Waals surface area contributed by atoms with E-state index in [4.69, 9.17) is 0 Å². The Labute approximate surface area is 154 Å². The molecule has 0 radical (unpaired) electrons. The lowest BCUT2D eigenvalue weighted by molar-refractivity contribution is 0.627. The van der Waals surface area contributed by atoms with Gasteiger partial charge in [-0.2, -0.15) is 0 Å². The first-order chi connectivity index (χ1) is 13.1. The third-order valence-corrected chi connectivity index (χ3v) is 4.35. The SMILES string of the molecule is Fc1ccc(-c2cc(-c3ccc(F)cc3)c(-c3ccc(F)cc3)cn2)cc1. The van der Waals surface area contributed by atoms with E-state index < -0.39 is 0 Å². The molecule has 0 saturated carbocycles. The highest BCUT2D eigenvalue weighted by Crippen LogP contribution is 2.34. The van der Waals surface area contributed by atoms with Crippen molar-refractivity contribution in [2.45, 2.75) is 0 Å². The van der Waals surface area contributed by atoms with Crippen LogP contribution < -0.4 is 0 Å². The zero-order valence-electron chi connectivity index (χ0n) is 14.2. The van der Waals surface area contributed by atoms with Crippen LogP contribution in [0.1, 0.15) is 0 Å². The van der Waals surface area contributed by atoms with Gasteiger partial charge in [0.15, 0.2) is 0 Å². The molecule has 0 atom stereocenters. The summed E-state index contributed by atoms with van der Waals surface area (Å²) in [7, 11) is 0. The smallest absolute Gasteiger partial charge is 0.123 e. The van der Waals surface area contributed by atoms with Crippen molar-refractivity contribution in [1.82, 2.24) is 4.98 Å². The molecule has 4 heteroatoms. The molecular formula is C23H14F3N. The van der Waals surface area contributed by atoms with E-state index in [1.807, 2.05) is 6.07 Å². The first-order valence-electron chi connectivity index (χ1n) is 8.38. The van der Waals surface area contributed by atoms with Crippen LogP contribution in [0, 0.1) is 17.5 Å². The predicted octanol–water partition coefficient (Wildman–Crippen LogP) is 6.50. The Morgan fingerprint density at radius 1 is 0.481 bits per heavy atom. The van der Waals surface area contributed by atoms with Gasteiger partial charge in [0.05, 0.1) is 5.69 Å². The minimum atomic E-state index is -0.324. The van der Waals surface area contributed by atoms with Crippen LogP contribution in [0.25, 0.3) is 33.5 Å². The summed E-state index contributed by atoms with van der Waals surface area (Å²) < 4.78 is 39.9. The Bertz CT molecular complexity index is 1070. The van der Waals surface area contributed by atoms with Crippen LogP contribution in [-0.4, -0.2) is 4.98 Å². The van der Waals surface area contributed by atoms with E-state index in [0.29, 0.717) is 5.69 Å². The summed E-state index contributed by atoms with van der Waals surface area (Å²) in [6.45, 7) is 0. The van der Waals surface area contributed by atoms with E-state index in [0.717, 1.165) is 27.8 Å². The minimum absolute atomic E-state index is 0.319. The van der Waals surface area contributed by atoms with Crippen molar-refractivity contribution in [2.24, 2.45) is 0 Å². The molecule has 1 heterocycles. The fraction of sp³-hybridized carbons (Fsp3) is 0. The van der Waals surface area contributed by atoms with E-state index >= 15 is 0 Å². The zero-order chi connectivity index (χ0) is 18.8. The van der Waals surface area contributed by atoms with Gasteiger partial charge in [-0.25, -0.2) is 13.2 Å². The summed E-state index contributed by atoms with van der Waals surface area (Å²) in [5, 5.41) is 0. The van der Waals surface area contributed by atoms with Crippen LogP contribution in [0.4, 0.5) is 13.2 Å². The van der Waals surface area contributed by atoms with Crippen LogP contribution in [0.2, 0.25) is 0 Å². The monoisotopic (exact) mass is 361 g/mol. The van der Waals surface area contributed by atoms with Gasteiger partial charge in [0.1, 0.15) is 17.5 Å². The first kappa shape index (κ1) is 17.0. The number of hydrogen-bond donors (Lipinski definition) is 0. The molecule has 0 aliphatic carbocycles. The van der Waals surface area contributed by atoms with Crippen molar-refractivity contribution in [2.75, 3.05) is 0 Å². The fourth-order valence-corrected chi connectivity index (χ4v) is 2.96. The second kappa shape index (κ2) is 7.08. The molecule has 4 rings (SSSR count). The molecule has 3 aromatic carbocycles. The third-order valence-electron chi connectivity index (χ3n) is 4.35. The number of pyridine rings is 1. The summed E-state index contributed by atoms with van der Waals surface area (Å²) >= 11 is 0. The number of rotatable bonds is 3. The van der Waals surface area contributed by atoms with Crippen molar-refractivity contribution in [3.8, 4) is 33.5 Å². The van der Waals surface area contributed by atoms with Gasteiger partial charge in [-0.15, -0.1) is 0 Å². The van der Waals surface area contributed by atoms with Crippen molar-refractivity contribution in [3.63, 3.8) is 0 Å². The second-order valence-corrected chi connectivity index (χ2v) is 6.14. The van der Waals surface area contributed by atoms with Gasteiger partial charge < -0.3 is 0 Å². The number of halogens is 3. The summed E-state index contributed by atoms with van der Waals surface area (Å²) in [4.78, 5) is 4.49. The van der Waals surface area contributed by atoms with Crippen LogP contribution >= 0.6 is 0 Å². The highest BCUT2D eigenvalue weighted by atomic mass is 19.1. The van der Waals surface area contributed by atoms with Gasteiger partial charge in [0.2, 0.25) is 0 Å². The van der Waals surface area contributed by atoms with E-state index in [9.17, 15) is 13.2 Å². The van der Waals surface area contributed by atoms with Gasteiger partial charge in [0.25, 0.3) is 0 Å². The number of hydrogen-bond acceptors (Lipinski definition) is 1. The maximum Gasteiger partial charge on any atom is 0.123 e. The molecule has 27 heavy (non-hydrogen) atoms. The Kier molecular flexibility index (Phi) is 4.47. The largest absolute Gasteiger partial charge is 0.256 e. The van der Waals surface area contributed by atoms with Crippen LogP contribution in [0.5, 0.6) is 0 Å². The minimum Gasteiger partial charge on any atom is -0.256 e. The highest BCUT2D eigenvalue weighted by molar-refractivity contribution is 5.85. The lowest BCUT2D eigenvalue weighted by Crippen LogP contribution is -1.91. The normalized spacial score (nSPS) is 10.8. The Morgan fingerprint density at radius 2 is 0.889 bits per heavy atom. The van der Waals surface area contributed by atoms with Crippen LogP contribution in [0.3, 0.4) is 0 Å². The molecule has 0 bridgehead atoms. The zero-order valence-corrected chi connectivity index (χ0v) is 14.2. The molecule has 0 N–H and O–H groups in total. The van der Waals surface area contributed by atoms with Gasteiger partial charge in [-0.05, 0) is 71.3 Å². The molecule has 0 unspecified atom stereocenters. The maximum atomic E-state index is 13.4. The van der Waals surface area contributed by atoms with Gasteiger partial charge >= 0.3 is 0 Å². The molecule has 1 nitrogen and oxygen atoms in total. The highest BCUT2D eigenvalue weighted by Gasteiger charge is 2.11. The molecule has 132 valence electrons. The third kappa shape index (κ3) is 3.60. The fourth-order valence-electron chi connectivity index (χ4n) is 2.96. The van der Waals surface area contributed by atoms with E-state index in [-0.39, 0.29) is 17.5 Å². The van der Waals surface area contributed by atoms with Crippen molar-refractivity contribution >= 4 is 0 Å².